The number of hydrogen-bond donors (Lipinski definition) is 2. The molecule has 5 nitrogen and oxygen atoms in total. The lowest BCUT2D eigenvalue weighted by atomic mass is 10.2. The Morgan fingerprint density at radius 3 is 2.88 bits per heavy atom. The number of nitrogens with zero attached hydrogens (tertiary/aromatic N) is 1. The molecule has 1 aromatic heterocycles. The topological polar surface area (TPSA) is 71.7 Å². The summed E-state index contributed by atoms with van der Waals surface area (Å²) in [4.78, 5) is 11.7. The van der Waals surface area contributed by atoms with Crippen molar-refractivity contribution in [3.63, 3.8) is 0 Å². The van der Waals surface area contributed by atoms with Gasteiger partial charge in [-0.1, -0.05) is 18.2 Å². The fourth-order valence-corrected chi connectivity index (χ4v) is 1.53. The second-order valence-corrected chi connectivity index (χ2v) is 3.66. The van der Waals surface area contributed by atoms with Gasteiger partial charge in [0, 0.05) is 11.6 Å². The lowest BCUT2D eigenvalue weighted by Crippen LogP contribution is -2.23. The van der Waals surface area contributed by atoms with Gasteiger partial charge in [-0.2, -0.15) is 0 Å². The van der Waals surface area contributed by atoms with Crippen LogP contribution in [0.4, 0.5) is 4.79 Å². The molecule has 0 amide bonds. The molecule has 1 atom stereocenters. The number of carbonyl (C=O) groups is 1. The van der Waals surface area contributed by atoms with Crippen LogP contribution < -0.4 is 0 Å². The highest BCUT2D eigenvalue weighted by atomic mass is 16.6. The molecule has 90 valence electrons. The summed E-state index contributed by atoms with van der Waals surface area (Å²) in [7, 11) is 0. The normalized spacial score (nSPS) is 12.6. The summed E-state index contributed by atoms with van der Waals surface area (Å²) in [6.07, 6.45) is -0.00214. The molecule has 2 N–H and O–H groups in total. The number of ether oxygens (including phenoxy) is 1. The zero-order valence-corrected chi connectivity index (χ0v) is 9.11. The SMILES string of the molecule is O=C(OCC(O)CO)n1ccc2ccccc21. The van der Waals surface area contributed by atoms with E-state index in [1.54, 1.807) is 18.3 Å². The van der Waals surface area contributed by atoms with Crippen LogP contribution in [0.3, 0.4) is 0 Å². The third-order valence-electron chi connectivity index (χ3n) is 2.41. The van der Waals surface area contributed by atoms with Crippen molar-refractivity contribution in [1.82, 2.24) is 4.57 Å². The van der Waals surface area contributed by atoms with E-state index in [9.17, 15) is 4.79 Å². The maximum Gasteiger partial charge on any atom is 0.418 e. The Labute approximate surface area is 97.9 Å². The summed E-state index contributed by atoms with van der Waals surface area (Å²) >= 11 is 0. The highest BCUT2D eigenvalue weighted by Gasteiger charge is 2.11. The minimum atomic E-state index is -1.04. The first-order valence-corrected chi connectivity index (χ1v) is 5.24. The highest BCUT2D eigenvalue weighted by Crippen LogP contribution is 2.15. The Kier molecular flexibility index (Phi) is 3.41. The van der Waals surface area contributed by atoms with Gasteiger partial charge in [-0.15, -0.1) is 0 Å². The van der Waals surface area contributed by atoms with Crippen molar-refractivity contribution in [3.05, 3.63) is 36.5 Å². The Hall–Kier alpha value is -1.85. The van der Waals surface area contributed by atoms with Gasteiger partial charge in [0.25, 0.3) is 0 Å². The third-order valence-corrected chi connectivity index (χ3v) is 2.41. The monoisotopic (exact) mass is 235 g/mol. The van der Waals surface area contributed by atoms with Crippen LogP contribution in [-0.4, -0.2) is 40.2 Å². The fourth-order valence-electron chi connectivity index (χ4n) is 1.53. The molecule has 0 spiro atoms. The fraction of sp³-hybridized carbons (Fsp3) is 0.250. The van der Waals surface area contributed by atoms with E-state index in [1.165, 1.54) is 4.57 Å². The van der Waals surface area contributed by atoms with Crippen molar-refractivity contribution in [2.24, 2.45) is 0 Å². The van der Waals surface area contributed by atoms with E-state index >= 15 is 0 Å². The standard InChI is InChI=1S/C12H13NO4/c14-7-10(15)8-17-12(16)13-6-5-9-3-1-2-4-11(9)13/h1-6,10,14-15H,7-8H2. The minimum Gasteiger partial charge on any atom is -0.446 e. The van der Waals surface area contributed by atoms with Crippen molar-refractivity contribution in [3.8, 4) is 0 Å². The van der Waals surface area contributed by atoms with Gasteiger partial charge in [0.2, 0.25) is 0 Å². The number of para-hydroxylation sites is 1. The number of fused-ring (bicyclic) bond motifs is 1. The summed E-state index contributed by atoms with van der Waals surface area (Å²) in [5.74, 6) is 0. The van der Waals surface area contributed by atoms with Crippen LogP contribution in [0.5, 0.6) is 0 Å². The summed E-state index contributed by atoms with van der Waals surface area (Å²) in [5.41, 5.74) is 0.746. The van der Waals surface area contributed by atoms with E-state index in [4.69, 9.17) is 14.9 Å². The van der Waals surface area contributed by atoms with Crippen molar-refractivity contribution in [2.45, 2.75) is 6.10 Å². The van der Waals surface area contributed by atoms with Gasteiger partial charge in [-0.25, -0.2) is 4.79 Å². The molecule has 2 aromatic rings. The molecule has 2 rings (SSSR count). The summed E-state index contributed by atoms with van der Waals surface area (Å²) in [5, 5.41) is 18.6. The average Bonchev–Trinajstić information content (AvgIpc) is 2.79. The van der Waals surface area contributed by atoms with Crippen LogP contribution >= 0.6 is 0 Å². The lowest BCUT2D eigenvalue weighted by Gasteiger charge is -2.09. The summed E-state index contributed by atoms with van der Waals surface area (Å²) < 4.78 is 6.22. The van der Waals surface area contributed by atoms with Gasteiger partial charge in [-0.05, 0) is 12.1 Å². The summed E-state index contributed by atoms with van der Waals surface area (Å²) in [6, 6.07) is 9.21. The second kappa shape index (κ2) is 4.99. The van der Waals surface area contributed by atoms with Crippen LogP contribution in [0, 0.1) is 0 Å². The molecule has 0 fully saturated rings. The average molecular weight is 235 g/mol. The number of aromatic nitrogens is 1. The van der Waals surface area contributed by atoms with E-state index < -0.39 is 18.8 Å². The second-order valence-electron chi connectivity index (χ2n) is 3.66. The molecule has 17 heavy (non-hydrogen) atoms. The molecular weight excluding hydrogens is 222 g/mol. The molecule has 0 saturated carbocycles. The molecule has 1 aromatic carbocycles. The maximum atomic E-state index is 11.7. The molecule has 0 bridgehead atoms. The molecule has 5 heteroatoms. The third kappa shape index (κ3) is 2.46. The smallest absolute Gasteiger partial charge is 0.418 e. The van der Waals surface area contributed by atoms with Crippen LogP contribution in [0.15, 0.2) is 36.5 Å². The first-order valence-electron chi connectivity index (χ1n) is 5.24. The summed E-state index contributed by atoms with van der Waals surface area (Å²) in [6.45, 7) is -0.651. The predicted molar refractivity (Wildman–Crippen MR) is 61.8 cm³/mol. The van der Waals surface area contributed by atoms with Crippen molar-refractivity contribution in [2.75, 3.05) is 13.2 Å². The van der Waals surface area contributed by atoms with Crippen molar-refractivity contribution >= 4 is 17.0 Å². The molecule has 0 aliphatic rings. The Balaban J connectivity index is 2.14. The zero-order chi connectivity index (χ0) is 12.3. The Bertz CT molecular complexity index is 520. The number of hydrogen-bond acceptors (Lipinski definition) is 4. The van der Waals surface area contributed by atoms with E-state index in [1.807, 2.05) is 18.2 Å². The van der Waals surface area contributed by atoms with Crippen molar-refractivity contribution in [1.29, 1.82) is 0 Å². The number of aliphatic hydroxyl groups is 2. The van der Waals surface area contributed by atoms with Gasteiger partial charge in [-0.3, -0.25) is 4.57 Å². The Morgan fingerprint density at radius 1 is 1.35 bits per heavy atom. The minimum absolute atomic E-state index is 0.220. The van der Waals surface area contributed by atoms with Gasteiger partial charge >= 0.3 is 6.09 Å². The maximum absolute atomic E-state index is 11.7. The van der Waals surface area contributed by atoms with Gasteiger partial charge < -0.3 is 14.9 Å². The molecule has 0 aliphatic heterocycles. The highest BCUT2D eigenvalue weighted by molar-refractivity contribution is 5.89. The molecular formula is C12H13NO4. The van der Waals surface area contributed by atoms with E-state index in [0.717, 1.165) is 10.9 Å². The lowest BCUT2D eigenvalue weighted by molar-refractivity contribution is 0.0328. The van der Waals surface area contributed by atoms with Crippen LogP contribution in [0.2, 0.25) is 0 Å². The largest absolute Gasteiger partial charge is 0.446 e. The first-order chi connectivity index (χ1) is 8.22. The predicted octanol–water partition coefficient (Wildman–Crippen LogP) is 0.979. The molecule has 0 radical (unpaired) electrons. The van der Waals surface area contributed by atoms with Gasteiger partial charge in [0.05, 0.1) is 12.1 Å². The quantitative estimate of drug-likeness (QED) is 0.831. The number of benzene rings is 1. The van der Waals surface area contributed by atoms with E-state index in [2.05, 4.69) is 0 Å². The van der Waals surface area contributed by atoms with Gasteiger partial charge in [0.1, 0.15) is 12.7 Å². The van der Waals surface area contributed by atoms with E-state index in [0.29, 0.717) is 0 Å². The van der Waals surface area contributed by atoms with Crippen LogP contribution in [-0.2, 0) is 4.74 Å². The van der Waals surface area contributed by atoms with Crippen molar-refractivity contribution < 1.29 is 19.7 Å². The molecule has 1 heterocycles. The molecule has 0 aliphatic carbocycles. The van der Waals surface area contributed by atoms with Crippen LogP contribution in [0.25, 0.3) is 10.9 Å². The van der Waals surface area contributed by atoms with E-state index in [-0.39, 0.29) is 6.61 Å². The first kappa shape index (κ1) is 11.6. The number of carbonyl (C=O) groups excluding carboxylic acids is 1. The van der Waals surface area contributed by atoms with Gasteiger partial charge in [0.15, 0.2) is 0 Å². The molecule has 1 unspecified atom stereocenters. The Morgan fingerprint density at radius 2 is 2.12 bits per heavy atom. The zero-order valence-electron chi connectivity index (χ0n) is 9.11. The number of aliphatic hydroxyl groups excluding tert-OH is 2. The van der Waals surface area contributed by atoms with Crippen LogP contribution in [0.1, 0.15) is 0 Å². The molecule has 0 saturated heterocycles. The number of rotatable bonds is 3.